The largest absolute Gasteiger partial charge is 0.366 e. The molecule has 0 amide bonds. The van der Waals surface area contributed by atoms with Gasteiger partial charge in [-0.05, 0) is 42.8 Å². The van der Waals surface area contributed by atoms with Crippen molar-refractivity contribution >= 4 is 5.69 Å². The number of hydrogen-bond acceptors (Lipinski definition) is 3. The first-order valence-corrected chi connectivity index (χ1v) is 10.4. The Morgan fingerprint density at radius 2 is 1.97 bits per heavy atom. The molecule has 150 valence electrons. The van der Waals surface area contributed by atoms with Gasteiger partial charge < -0.3 is 9.80 Å². The third-order valence-corrected chi connectivity index (χ3v) is 6.64. The zero-order chi connectivity index (χ0) is 20.0. The molecule has 5 heteroatoms. The second-order valence-electron chi connectivity index (χ2n) is 8.48. The molecule has 4 nitrogen and oxygen atoms in total. The second kappa shape index (κ2) is 6.99. The van der Waals surface area contributed by atoms with Gasteiger partial charge in [0.05, 0.1) is 6.20 Å². The van der Waals surface area contributed by atoms with Crippen molar-refractivity contribution in [3.63, 3.8) is 0 Å². The van der Waals surface area contributed by atoms with E-state index in [1.165, 1.54) is 17.7 Å². The van der Waals surface area contributed by atoms with Crippen LogP contribution in [0.2, 0.25) is 0 Å². The Morgan fingerprint density at radius 1 is 1.10 bits per heavy atom. The van der Waals surface area contributed by atoms with Crippen LogP contribution in [0.3, 0.4) is 0 Å². The lowest BCUT2D eigenvalue weighted by Gasteiger charge is -2.26. The van der Waals surface area contributed by atoms with Gasteiger partial charge in [0.1, 0.15) is 5.82 Å². The van der Waals surface area contributed by atoms with Crippen LogP contribution in [-0.2, 0) is 19.0 Å². The number of halogens is 1. The van der Waals surface area contributed by atoms with Gasteiger partial charge in [-0.25, -0.2) is 4.39 Å². The first kappa shape index (κ1) is 18.4. The normalized spacial score (nSPS) is 21.3. The Balaban J connectivity index is 1.42. The van der Waals surface area contributed by atoms with E-state index < -0.39 is 0 Å². The lowest BCUT2D eigenvalue weighted by atomic mass is 9.81. The van der Waals surface area contributed by atoms with Gasteiger partial charge >= 0.3 is 0 Å². The first-order valence-electron chi connectivity index (χ1n) is 10.4. The average molecular weight is 391 g/mol. The minimum atomic E-state index is -0.147. The highest BCUT2D eigenvalue weighted by atomic mass is 19.1. The van der Waals surface area contributed by atoms with Crippen molar-refractivity contribution in [1.82, 2.24) is 14.7 Å². The van der Waals surface area contributed by atoms with E-state index in [2.05, 4.69) is 46.1 Å². The van der Waals surface area contributed by atoms with Crippen molar-refractivity contribution in [1.29, 1.82) is 0 Å². The fourth-order valence-electron chi connectivity index (χ4n) is 5.08. The van der Waals surface area contributed by atoms with E-state index in [9.17, 15) is 4.39 Å². The molecule has 3 aromatic rings. The number of anilines is 1. The summed E-state index contributed by atoms with van der Waals surface area (Å²) in [6, 6.07) is 14.3. The smallest absolute Gasteiger partial charge is 0.128 e. The second-order valence-corrected chi connectivity index (χ2v) is 8.48. The van der Waals surface area contributed by atoms with Crippen LogP contribution in [0.4, 0.5) is 10.1 Å². The summed E-state index contributed by atoms with van der Waals surface area (Å²) < 4.78 is 16.7. The van der Waals surface area contributed by atoms with Crippen LogP contribution in [0.1, 0.15) is 24.5 Å². The molecule has 2 aliphatic heterocycles. The molecule has 1 unspecified atom stereocenters. The standard InChI is InChI=1S/C24H27FN4/c1-3-28-11-10-24(16-28)17-29(23-7-5-4-6-21(23)24)15-19-9-8-18(12-22(19)25)20-13-26-27(2)14-20/h4-9,12-14H,3,10-11,15-17H2,1-2H3. The molecule has 0 aliphatic carbocycles. The number of benzene rings is 2. The van der Waals surface area contributed by atoms with Crippen molar-refractivity contribution < 1.29 is 4.39 Å². The number of para-hydroxylation sites is 1. The zero-order valence-electron chi connectivity index (χ0n) is 17.1. The third kappa shape index (κ3) is 3.14. The monoisotopic (exact) mass is 390 g/mol. The summed E-state index contributed by atoms with van der Waals surface area (Å²) in [5.74, 6) is -0.147. The van der Waals surface area contributed by atoms with E-state index in [-0.39, 0.29) is 11.2 Å². The minimum Gasteiger partial charge on any atom is -0.366 e. The number of nitrogens with zero attached hydrogens (tertiary/aromatic N) is 4. The van der Waals surface area contributed by atoms with E-state index in [1.54, 1.807) is 16.9 Å². The maximum absolute atomic E-state index is 15.0. The Hall–Kier alpha value is -2.66. The van der Waals surface area contributed by atoms with Crippen LogP contribution >= 0.6 is 0 Å². The van der Waals surface area contributed by atoms with Gasteiger partial charge in [-0.2, -0.15) is 5.10 Å². The van der Waals surface area contributed by atoms with Gasteiger partial charge in [-0.15, -0.1) is 0 Å². The van der Waals surface area contributed by atoms with Gasteiger partial charge in [-0.3, -0.25) is 4.68 Å². The number of aromatic nitrogens is 2. The summed E-state index contributed by atoms with van der Waals surface area (Å²) in [7, 11) is 1.87. The summed E-state index contributed by atoms with van der Waals surface area (Å²) >= 11 is 0. The molecule has 3 heterocycles. The Morgan fingerprint density at radius 3 is 2.69 bits per heavy atom. The van der Waals surface area contributed by atoms with Crippen LogP contribution in [0.25, 0.3) is 11.1 Å². The van der Waals surface area contributed by atoms with Crippen LogP contribution in [0, 0.1) is 5.82 Å². The molecule has 1 spiro atoms. The zero-order valence-corrected chi connectivity index (χ0v) is 17.1. The summed E-state index contributed by atoms with van der Waals surface area (Å²) in [4.78, 5) is 4.90. The number of likely N-dealkylation sites (tertiary alicyclic amines) is 1. The highest BCUT2D eigenvalue weighted by Gasteiger charge is 2.46. The first-order chi connectivity index (χ1) is 14.1. The van der Waals surface area contributed by atoms with E-state index >= 15 is 0 Å². The maximum atomic E-state index is 15.0. The SMILES string of the molecule is CCN1CCC2(C1)CN(Cc1ccc(-c3cnn(C)c3)cc1F)c1ccccc12. The van der Waals surface area contributed by atoms with E-state index in [1.807, 2.05) is 25.4 Å². The summed E-state index contributed by atoms with van der Waals surface area (Å²) in [5.41, 5.74) is 5.43. The summed E-state index contributed by atoms with van der Waals surface area (Å²) in [6.45, 7) is 7.13. The average Bonchev–Trinajstić information content (AvgIpc) is 3.43. The molecule has 1 saturated heterocycles. The molecule has 2 aliphatic rings. The predicted octanol–water partition coefficient (Wildman–Crippen LogP) is 4.21. The number of likely N-dealkylation sites (N-methyl/N-ethyl adjacent to an activating group) is 1. The maximum Gasteiger partial charge on any atom is 0.128 e. The van der Waals surface area contributed by atoms with Crippen molar-refractivity contribution in [2.75, 3.05) is 31.1 Å². The molecule has 0 N–H and O–H groups in total. The lowest BCUT2D eigenvalue weighted by molar-refractivity contribution is 0.330. The number of aryl methyl sites for hydroxylation is 1. The highest BCUT2D eigenvalue weighted by molar-refractivity contribution is 5.65. The highest BCUT2D eigenvalue weighted by Crippen LogP contribution is 2.46. The fourth-order valence-corrected chi connectivity index (χ4v) is 5.08. The molecule has 1 aromatic heterocycles. The fraction of sp³-hybridized carbons (Fsp3) is 0.375. The van der Waals surface area contributed by atoms with Gasteiger partial charge in [0.15, 0.2) is 0 Å². The predicted molar refractivity (Wildman–Crippen MR) is 115 cm³/mol. The third-order valence-electron chi connectivity index (χ3n) is 6.64. The number of hydrogen-bond donors (Lipinski definition) is 0. The van der Waals surface area contributed by atoms with Crippen molar-refractivity contribution in [3.8, 4) is 11.1 Å². The molecule has 29 heavy (non-hydrogen) atoms. The Labute approximate surface area is 171 Å². The molecule has 0 saturated carbocycles. The van der Waals surface area contributed by atoms with Crippen LogP contribution in [-0.4, -0.2) is 40.9 Å². The van der Waals surface area contributed by atoms with E-state index in [4.69, 9.17) is 0 Å². The van der Waals surface area contributed by atoms with Crippen molar-refractivity contribution in [2.24, 2.45) is 7.05 Å². The Bertz CT molecular complexity index is 1040. The summed E-state index contributed by atoms with van der Waals surface area (Å²) in [6.07, 6.45) is 4.86. The molecule has 1 fully saturated rings. The molecule has 2 aromatic carbocycles. The quantitative estimate of drug-likeness (QED) is 0.667. The number of rotatable bonds is 4. The number of fused-ring (bicyclic) bond motifs is 2. The van der Waals surface area contributed by atoms with Crippen molar-refractivity contribution in [3.05, 3.63) is 71.8 Å². The molecule has 0 bridgehead atoms. The van der Waals surface area contributed by atoms with Gasteiger partial charge in [0, 0.05) is 55.1 Å². The van der Waals surface area contributed by atoms with Gasteiger partial charge in [-0.1, -0.05) is 37.3 Å². The molecular weight excluding hydrogens is 363 g/mol. The van der Waals surface area contributed by atoms with Gasteiger partial charge in [0.25, 0.3) is 0 Å². The topological polar surface area (TPSA) is 24.3 Å². The molecule has 1 atom stereocenters. The Kier molecular flexibility index (Phi) is 4.43. The van der Waals surface area contributed by atoms with Gasteiger partial charge in [0.2, 0.25) is 0 Å². The van der Waals surface area contributed by atoms with E-state index in [0.29, 0.717) is 6.54 Å². The van der Waals surface area contributed by atoms with Crippen LogP contribution in [0.15, 0.2) is 54.9 Å². The molecule has 0 radical (unpaired) electrons. The molecule has 5 rings (SSSR count). The lowest BCUT2D eigenvalue weighted by Crippen LogP contribution is -2.36. The molecular formula is C24H27FN4. The summed E-state index contributed by atoms with van der Waals surface area (Å²) in [5, 5.41) is 4.19. The minimum absolute atomic E-state index is 0.147. The van der Waals surface area contributed by atoms with Crippen LogP contribution in [0.5, 0.6) is 0 Å². The van der Waals surface area contributed by atoms with Crippen molar-refractivity contribution in [2.45, 2.75) is 25.3 Å². The van der Waals surface area contributed by atoms with E-state index in [0.717, 1.165) is 42.9 Å². The van der Waals surface area contributed by atoms with Crippen LogP contribution < -0.4 is 4.90 Å².